The highest BCUT2D eigenvalue weighted by Gasteiger charge is 2.19. The van der Waals surface area contributed by atoms with Crippen LogP contribution in [-0.4, -0.2) is 30.4 Å². The third kappa shape index (κ3) is 3.46. The lowest BCUT2D eigenvalue weighted by Crippen LogP contribution is -2.25. The number of carboxylic acid groups (broad SMARTS) is 1. The van der Waals surface area contributed by atoms with Crippen LogP contribution >= 0.6 is 0 Å². The lowest BCUT2D eigenvalue weighted by atomic mass is 10.4. The first-order valence-electron chi connectivity index (χ1n) is 3.01. The van der Waals surface area contributed by atoms with Crippen LogP contribution in [0, 0.1) is 11.8 Å². The van der Waals surface area contributed by atoms with Crippen molar-refractivity contribution in [1.82, 2.24) is 0 Å². The van der Waals surface area contributed by atoms with Crippen LogP contribution in [0.15, 0.2) is 0 Å². The van der Waals surface area contributed by atoms with E-state index in [0.29, 0.717) is 0 Å². The molecule has 0 aliphatic heterocycles. The van der Waals surface area contributed by atoms with Crippen molar-refractivity contribution in [1.29, 1.82) is 0 Å². The fourth-order valence-electron chi connectivity index (χ4n) is 0.417. The highest BCUT2D eigenvalue weighted by molar-refractivity contribution is 5.78. The summed E-state index contributed by atoms with van der Waals surface area (Å²) < 4.78 is 8.35. The fraction of sp³-hybridized carbons (Fsp3) is 0.429. The van der Waals surface area contributed by atoms with Gasteiger partial charge in [-0.25, -0.2) is 9.59 Å². The summed E-state index contributed by atoms with van der Waals surface area (Å²) in [6.07, 6.45) is -2.52. The smallest absolute Gasteiger partial charge is 0.478 e. The van der Waals surface area contributed by atoms with E-state index in [4.69, 9.17) is 5.11 Å². The molecule has 5 nitrogen and oxygen atoms in total. The van der Waals surface area contributed by atoms with Gasteiger partial charge in [0.15, 0.2) is 0 Å². The molecule has 5 heteroatoms. The van der Waals surface area contributed by atoms with Crippen molar-refractivity contribution in [2.24, 2.45) is 0 Å². The van der Waals surface area contributed by atoms with E-state index in [9.17, 15) is 9.59 Å². The van der Waals surface area contributed by atoms with E-state index >= 15 is 0 Å². The predicted molar refractivity (Wildman–Crippen MR) is 38.4 cm³/mol. The van der Waals surface area contributed by atoms with E-state index in [0.717, 1.165) is 7.11 Å². The minimum atomic E-state index is -1.46. The zero-order valence-electron chi connectivity index (χ0n) is 6.66. The van der Waals surface area contributed by atoms with E-state index < -0.39 is 18.2 Å². The molecule has 66 valence electrons. The molecule has 1 atom stereocenters. The summed E-state index contributed by atoms with van der Waals surface area (Å²) >= 11 is 0. The Morgan fingerprint density at radius 3 is 2.42 bits per heavy atom. The van der Waals surface area contributed by atoms with E-state index in [1.807, 2.05) is 0 Å². The average Bonchev–Trinajstić information content (AvgIpc) is 2.03. The Balaban J connectivity index is 4.20. The lowest BCUT2D eigenvalue weighted by molar-refractivity contribution is -0.144. The van der Waals surface area contributed by atoms with Gasteiger partial charge in [0.2, 0.25) is 0 Å². The molecule has 0 bridgehead atoms. The van der Waals surface area contributed by atoms with Crippen molar-refractivity contribution >= 4 is 12.1 Å². The van der Waals surface area contributed by atoms with Crippen LogP contribution in [0.3, 0.4) is 0 Å². The third-order valence-electron chi connectivity index (χ3n) is 0.880. The summed E-state index contributed by atoms with van der Waals surface area (Å²) in [7, 11) is 1.08. The molecule has 1 N–H and O–H groups in total. The normalized spacial score (nSPS) is 10.5. The molecule has 0 aliphatic rings. The molecule has 0 saturated heterocycles. The minimum Gasteiger partial charge on any atom is -0.478 e. The molecule has 0 rings (SSSR count). The second-order valence-electron chi connectivity index (χ2n) is 1.68. The van der Waals surface area contributed by atoms with Gasteiger partial charge in [0, 0.05) is 0 Å². The van der Waals surface area contributed by atoms with E-state index in [1.54, 1.807) is 0 Å². The van der Waals surface area contributed by atoms with Crippen LogP contribution in [0.25, 0.3) is 0 Å². The number of carbonyl (C=O) groups excluding carboxylic acids is 1. The molecule has 0 aromatic rings. The molecule has 0 aromatic carbocycles. The first kappa shape index (κ1) is 10.3. The minimum absolute atomic E-state index is 1.06. The Morgan fingerprint density at radius 2 is 2.08 bits per heavy atom. The van der Waals surface area contributed by atoms with Crippen molar-refractivity contribution in [3.05, 3.63) is 0 Å². The Kier molecular flexibility index (Phi) is 4.31. The van der Waals surface area contributed by atoms with Gasteiger partial charge < -0.3 is 14.6 Å². The number of ether oxygens (including phenoxy) is 2. The highest BCUT2D eigenvalue weighted by atomic mass is 16.7. The molecule has 0 amide bonds. The average molecular weight is 172 g/mol. The van der Waals surface area contributed by atoms with Crippen LogP contribution in [0.5, 0.6) is 0 Å². The number of methoxy groups -OCH3 is 1. The Bertz CT molecular complexity index is 234. The second kappa shape index (κ2) is 5.02. The molecule has 0 fully saturated rings. The fourth-order valence-corrected chi connectivity index (χ4v) is 0.417. The molecule has 12 heavy (non-hydrogen) atoms. The summed E-state index contributed by atoms with van der Waals surface area (Å²) in [4.78, 5) is 20.7. The maximum Gasteiger partial charge on any atom is 0.509 e. The maximum absolute atomic E-state index is 10.4. The maximum atomic E-state index is 10.4. The van der Waals surface area contributed by atoms with Crippen molar-refractivity contribution in [2.45, 2.75) is 13.0 Å². The SMILES string of the molecule is CC#CC(OC(=O)OC)C(=O)O. The van der Waals surface area contributed by atoms with E-state index in [-0.39, 0.29) is 0 Å². The van der Waals surface area contributed by atoms with Crippen LogP contribution in [0.1, 0.15) is 6.92 Å². The largest absolute Gasteiger partial charge is 0.509 e. The van der Waals surface area contributed by atoms with Gasteiger partial charge in [0.05, 0.1) is 7.11 Å². The monoisotopic (exact) mass is 172 g/mol. The van der Waals surface area contributed by atoms with Crippen molar-refractivity contribution in [3.63, 3.8) is 0 Å². The molecule has 0 saturated carbocycles. The predicted octanol–water partition coefficient (Wildman–Crippen LogP) is 0.246. The number of rotatable bonds is 2. The Morgan fingerprint density at radius 1 is 1.50 bits per heavy atom. The molecule has 0 spiro atoms. The number of hydrogen-bond donors (Lipinski definition) is 1. The number of hydrogen-bond acceptors (Lipinski definition) is 4. The summed E-state index contributed by atoms with van der Waals surface area (Å²) in [6, 6.07) is 0. The highest BCUT2D eigenvalue weighted by Crippen LogP contribution is 1.93. The second-order valence-corrected chi connectivity index (χ2v) is 1.68. The first-order chi connectivity index (χ1) is 5.61. The Hall–Kier alpha value is -1.70. The van der Waals surface area contributed by atoms with Gasteiger partial charge in [0.25, 0.3) is 6.10 Å². The topological polar surface area (TPSA) is 72.8 Å². The molecular formula is C7H8O5. The summed E-state index contributed by atoms with van der Waals surface area (Å²) in [6.45, 7) is 1.44. The zero-order valence-corrected chi connectivity index (χ0v) is 6.66. The number of aliphatic carboxylic acids is 1. The van der Waals surface area contributed by atoms with Crippen LogP contribution in [0.2, 0.25) is 0 Å². The lowest BCUT2D eigenvalue weighted by Gasteiger charge is -2.05. The van der Waals surface area contributed by atoms with Crippen LogP contribution < -0.4 is 0 Å². The van der Waals surface area contributed by atoms with Crippen molar-refractivity contribution in [3.8, 4) is 11.8 Å². The molecule has 0 aromatic heterocycles. The molecule has 0 heterocycles. The summed E-state index contributed by atoms with van der Waals surface area (Å²) in [5.74, 6) is 3.17. The van der Waals surface area contributed by atoms with Crippen molar-refractivity contribution < 1.29 is 24.2 Å². The van der Waals surface area contributed by atoms with Gasteiger partial charge >= 0.3 is 12.1 Å². The third-order valence-corrected chi connectivity index (χ3v) is 0.880. The zero-order chi connectivity index (χ0) is 9.56. The summed E-state index contributed by atoms with van der Waals surface area (Å²) in [5, 5.41) is 8.41. The quantitative estimate of drug-likeness (QED) is 0.477. The standard InChI is InChI=1S/C7H8O5/c1-3-4-5(6(8)9)12-7(10)11-2/h5H,1-2H3,(H,8,9). The van der Waals surface area contributed by atoms with Gasteiger partial charge in [-0.2, -0.15) is 0 Å². The van der Waals surface area contributed by atoms with Gasteiger partial charge in [-0.1, -0.05) is 0 Å². The van der Waals surface area contributed by atoms with Crippen molar-refractivity contribution in [2.75, 3.05) is 7.11 Å². The van der Waals surface area contributed by atoms with Gasteiger partial charge in [-0.15, -0.1) is 5.92 Å². The van der Waals surface area contributed by atoms with Gasteiger partial charge in [0.1, 0.15) is 0 Å². The molecule has 1 unspecified atom stereocenters. The van der Waals surface area contributed by atoms with Crippen LogP contribution in [-0.2, 0) is 14.3 Å². The molecule has 0 radical (unpaired) electrons. The van der Waals surface area contributed by atoms with Gasteiger partial charge in [-0.05, 0) is 12.8 Å². The van der Waals surface area contributed by atoms with E-state index in [1.165, 1.54) is 6.92 Å². The number of carboxylic acids is 1. The summed E-state index contributed by atoms with van der Waals surface area (Å²) in [5.41, 5.74) is 0. The van der Waals surface area contributed by atoms with Crippen LogP contribution in [0.4, 0.5) is 4.79 Å². The van der Waals surface area contributed by atoms with E-state index in [2.05, 4.69) is 21.3 Å². The Labute approximate surface area is 69.3 Å². The molecule has 0 aliphatic carbocycles. The van der Waals surface area contributed by atoms with Gasteiger partial charge in [-0.3, -0.25) is 0 Å². The molecular weight excluding hydrogens is 164 g/mol. The number of carbonyl (C=O) groups is 2. The first-order valence-corrected chi connectivity index (χ1v) is 3.01.